The first-order valence-electron chi connectivity index (χ1n) is 7.09. The third kappa shape index (κ3) is 5.21. The molecule has 0 amide bonds. The number of nitriles is 1. The number of benzene rings is 1. The topological polar surface area (TPSA) is 48.7 Å². The van der Waals surface area contributed by atoms with E-state index in [2.05, 4.69) is 22.4 Å². The van der Waals surface area contributed by atoms with Gasteiger partial charge in [-0.2, -0.15) is 5.26 Å². The molecule has 1 heterocycles. The highest BCUT2D eigenvalue weighted by molar-refractivity contribution is 7.99. The molecule has 2 rings (SSSR count). The molecule has 122 valence electrons. The summed E-state index contributed by atoms with van der Waals surface area (Å²) in [6.07, 6.45) is 0.897. The molecule has 23 heavy (non-hydrogen) atoms. The Kier molecular flexibility index (Phi) is 8.04. The van der Waals surface area contributed by atoms with E-state index in [0.717, 1.165) is 13.0 Å². The Morgan fingerprint density at radius 3 is 2.65 bits per heavy atom. The van der Waals surface area contributed by atoms with E-state index in [4.69, 9.17) is 0 Å². The van der Waals surface area contributed by atoms with Crippen LogP contribution in [0.2, 0.25) is 0 Å². The number of nitrogens with zero attached hydrogens (tertiary/aromatic N) is 2. The number of aromatic nitrogens is 1. The number of halogens is 2. The maximum atomic E-state index is 13.6. The van der Waals surface area contributed by atoms with Crippen LogP contribution in [0.25, 0.3) is 0 Å². The van der Waals surface area contributed by atoms with Crippen LogP contribution in [0, 0.1) is 24.1 Å². The minimum Gasteiger partial charge on any atom is -0.320 e. The van der Waals surface area contributed by atoms with Crippen LogP contribution in [0.1, 0.15) is 28.5 Å². The second kappa shape index (κ2) is 9.51. The molecule has 0 saturated heterocycles. The predicted octanol–water partition coefficient (Wildman–Crippen LogP) is 4.27. The standard InChI is InChI=1S/C17H18FN3S.ClH/c1-12-15(18)10-14(11-19)17(21-12)22-16(8-9-20-2)13-6-4-3-5-7-13;/h3-7,10,16,20H,8-9H2,1-2H3;1H/t16-;/m1./s1. The fourth-order valence-corrected chi connectivity index (χ4v) is 3.32. The third-order valence-electron chi connectivity index (χ3n) is 3.32. The van der Waals surface area contributed by atoms with Crippen molar-refractivity contribution in [2.45, 2.75) is 23.6 Å². The number of aryl methyl sites for hydroxylation is 1. The highest BCUT2D eigenvalue weighted by atomic mass is 35.5. The van der Waals surface area contributed by atoms with Gasteiger partial charge in [0, 0.05) is 5.25 Å². The minimum atomic E-state index is -0.438. The molecular weight excluding hydrogens is 333 g/mol. The van der Waals surface area contributed by atoms with Gasteiger partial charge in [0.25, 0.3) is 0 Å². The second-order valence-electron chi connectivity index (χ2n) is 4.93. The number of nitrogens with one attached hydrogen (secondary N) is 1. The van der Waals surface area contributed by atoms with E-state index in [-0.39, 0.29) is 17.7 Å². The summed E-state index contributed by atoms with van der Waals surface area (Å²) in [5.74, 6) is -0.438. The Bertz CT molecular complexity index is 674. The van der Waals surface area contributed by atoms with Crippen LogP contribution in [-0.2, 0) is 0 Å². The van der Waals surface area contributed by atoms with Crippen molar-refractivity contribution >= 4 is 24.2 Å². The summed E-state index contributed by atoms with van der Waals surface area (Å²) in [7, 11) is 1.91. The smallest absolute Gasteiger partial charge is 0.145 e. The van der Waals surface area contributed by atoms with Gasteiger partial charge in [-0.25, -0.2) is 9.37 Å². The summed E-state index contributed by atoms with van der Waals surface area (Å²) >= 11 is 1.52. The highest BCUT2D eigenvalue weighted by Crippen LogP contribution is 2.38. The van der Waals surface area contributed by atoms with Crippen molar-refractivity contribution in [2.24, 2.45) is 0 Å². The maximum Gasteiger partial charge on any atom is 0.145 e. The van der Waals surface area contributed by atoms with Crippen molar-refractivity contribution in [2.75, 3.05) is 13.6 Å². The molecule has 1 N–H and O–H groups in total. The SMILES string of the molecule is CNCC[C@@H](Sc1nc(C)c(F)cc1C#N)c1ccccc1.Cl. The molecule has 6 heteroatoms. The summed E-state index contributed by atoms with van der Waals surface area (Å²) < 4.78 is 13.6. The van der Waals surface area contributed by atoms with Crippen molar-refractivity contribution in [3.8, 4) is 6.07 Å². The Hall–Kier alpha value is -1.61. The molecule has 0 aliphatic heterocycles. The van der Waals surface area contributed by atoms with Gasteiger partial charge in [0.15, 0.2) is 0 Å². The Labute approximate surface area is 146 Å². The first kappa shape index (κ1) is 19.4. The van der Waals surface area contributed by atoms with Crippen LogP contribution in [0.5, 0.6) is 0 Å². The highest BCUT2D eigenvalue weighted by Gasteiger charge is 2.17. The lowest BCUT2D eigenvalue weighted by molar-refractivity contribution is 0.604. The van der Waals surface area contributed by atoms with E-state index in [1.54, 1.807) is 6.92 Å². The summed E-state index contributed by atoms with van der Waals surface area (Å²) in [5.41, 5.74) is 1.79. The van der Waals surface area contributed by atoms with Crippen LogP contribution < -0.4 is 5.32 Å². The molecule has 0 saturated carbocycles. The van der Waals surface area contributed by atoms with Gasteiger partial charge in [0.2, 0.25) is 0 Å². The zero-order valence-electron chi connectivity index (χ0n) is 13.0. The van der Waals surface area contributed by atoms with Gasteiger partial charge < -0.3 is 5.32 Å². The summed E-state index contributed by atoms with van der Waals surface area (Å²) in [5, 5.41) is 13.1. The number of rotatable bonds is 6. The second-order valence-corrected chi connectivity index (χ2v) is 6.12. The molecule has 1 atom stereocenters. The molecule has 0 radical (unpaired) electrons. The molecule has 0 aliphatic rings. The Morgan fingerprint density at radius 1 is 1.35 bits per heavy atom. The average molecular weight is 352 g/mol. The fraction of sp³-hybridized carbons (Fsp3) is 0.294. The predicted molar refractivity (Wildman–Crippen MR) is 94.5 cm³/mol. The van der Waals surface area contributed by atoms with Crippen molar-refractivity contribution in [1.82, 2.24) is 10.3 Å². The van der Waals surface area contributed by atoms with Gasteiger partial charge >= 0.3 is 0 Å². The van der Waals surface area contributed by atoms with Crippen molar-refractivity contribution in [1.29, 1.82) is 5.26 Å². The average Bonchev–Trinajstić information content (AvgIpc) is 2.55. The Balaban J connectivity index is 0.00000264. The van der Waals surface area contributed by atoms with E-state index in [1.807, 2.05) is 31.3 Å². The van der Waals surface area contributed by atoms with Crippen molar-refractivity contribution in [3.05, 3.63) is 59.0 Å². The van der Waals surface area contributed by atoms with Crippen LogP contribution >= 0.6 is 24.2 Å². The number of pyridine rings is 1. The van der Waals surface area contributed by atoms with Crippen molar-refractivity contribution < 1.29 is 4.39 Å². The molecule has 1 aromatic carbocycles. The Morgan fingerprint density at radius 2 is 2.04 bits per heavy atom. The quantitative estimate of drug-likeness (QED) is 0.790. The largest absolute Gasteiger partial charge is 0.320 e. The number of hydrogen-bond donors (Lipinski definition) is 1. The molecule has 0 fully saturated rings. The first-order chi connectivity index (χ1) is 10.7. The number of hydrogen-bond acceptors (Lipinski definition) is 4. The van der Waals surface area contributed by atoms with Gasteiger partial charge in [0.1, 0.15) is 16.9 Å². The summed E-state index contributed by atoms with van der Waals surface area (Å²) in [6.45, 7) is 2.47. The lowest BCUT2D eigenvalue weighted by atomic mass is 10.1. The zero-order chi connectivity index (χ0) is 15.9. The minimum absolute atomic E-state index is 0. The third-order valence-corrected chi connectivity index (χ3v) is 4.65. The van der Waals surface area contributed by atoms with E-state index in [0.29, 0.717) is 16.3 Å². The first-order valence-corrected chi connectivity index (χ1v) is 7.97. The molecule has 0 aliphatic carbocycles. The van der Waals surface area contributed by atoms with E-state index in [1.165, 1.54) is 23.4 Å². The van der Waals surface area contributed by atoms with Gasteiger partial charge in [0.05, 0.1) is 11.3 Å². The monoisotopic (exact) mass is 351 g/mol. The fourth-order valence-electron chi connectivity index (χ4n) is 2.10. The van der Waals surface area contributed by atoms with Gasteiger partial charge in [-0.3, -0.25) is 0 Å². The van der Waals surface area contributed by atoms with Gasteiger partial charge in [-0.1, -0.05) is 42.1 Å². The van der Waals surface area contributed by atoms with Gasteiger partial charge in [-0.15, -0.1) is 12.4 Å². The lowest BCUT2D eigenvalue weighted by Gasteiger charge is -2.17. The molecule has 1 aromatic heterocycles. The summed E-state index contributed by atoms with van der Waals surface area (Å²) in [4.78, 5) is 4.26. The van der Waals surface area contributed by atoms with Crippen LogP contribution in [0.4, 0.5) is 4.39 Å². The zero-order valence-corrected chi connectivity index (χ0v) is 14.7. The molecule has 2 aromatic rings. The molecule has 3 nitrogen and oxygen atoms in total. The lowest BCUT2D eigenvalue weighted by Crippen LogP contribution is -2.11. The van der Waals surface area contributed by atoms with E-state index >= 15 is 0 Å². The number of thioether (sulfide) groups is 1. The van der Waals surface area contributed by atoms with E-state index < -0.39 is 5.82 Å². The van der Waals surface area contributed by atoms with Crippen molar-refractivity contribution in [3.63, 3.8) is 0 Å². The van der Waals surface area contributed by atoms with Crippen LogP contribution in [0.15, 0.2) is 41.4 Å². The maximum absolute atomic E-state index is 13.6. The van der Waals surface area contributed by atoms with Crippen LogP contribution in [0.3, 0.4) is 0 Å². The molecule has 0 unspecified atom stereocenters. The normalized spacial score (nSPS) is 11.4. The van der Waals surface area contributed by atoms with Gasteiger partial charge in [-0.05, 0) is 38.6 Å². The van der Waals surface area contributed by atoms with E-state index in [9.17, 15) is 9.65 Å². The molecule has 0 spiro atoms. The summed E-state index contributed by atoms with van der Waals surface area (Å²) in [6, 6.07) is 13.4. The molecular formula is C17H19ClFN3S. The molecule has 0 bridgehead atoms. The van der Waals surface area contributed by atoms with Crippen LogP contribution in [-0.4, -0.2) is 18.6 Å².